The highest BCUT2D eigenvalue weighted by molar-refractivity contribution is 5.71. The van der Waals surface area contributed by atoms with E-state index in [2.05, 4.69) is 5.32 Å². The van der Waals surface area contributed by atoms with Crippen LogP contribution in [0.5, 0.6) is 0 Å². The Hall–Kier alpha value is -1.79. The number of hydrogen-bond donors (Lipinski definition) is 2. The Kier molecular flexibility index (Phi) is 7.85. The summed E-state index contributed by atoms with van der Waals surface area (Å²) in [6.07, 6.45) is 4.11. The van der Waals surface area contributed by atoms with Gasteiger partial charge < -0.3 is 19.9 Å². The zero-order valence-corrected chi connectivity index (χ0v) is 13.9. The SMILES string of the molecule is CC(C)C(=O)OCCOC(=O)NCC1(CC(=O)O)CCCCC1. The molecule has 0 radical (unpaired) electrons. The van der Waals surface area contributed by atoms with Gasteiger partial charge in [0.15, 0.2) is 0 Å². The van der Waals surface area contributed by atoms with Crippen LogP contribution in [0.4, 0.5) is 4.79 Å². The van der Waals surface area contributed by atoms with Crippen LogP contribution in [0.25, 0.3) is 0 Å². The van der Waals surface area contributed by atoms with Crippen molar-refractivity contribution < 1.29 is 29.0 Å². The molecule has 23 heavy (non-hydrogen) atoms. The number of carboxylic acids is 1. The van der Waals surface area contributed by atoms with Gasteiger partial charge in [-0.1, -0.05) is 33.1 Å². The number of carboxylic acid groups (broad SMARTS) is 1. The first-order chi connectivity index (χ1) is 10.8. The third-order valence-corrected chi connectivity index (χ3v) is 4.08. The van der Waals surface area contributed by atoms with Crippen LogP contribution in [-0.2, 0) is 19.1 Å². The average molecular weight is 329 g/mol. The first-order valence-corrected chi connectivity index (χ1v) is 8.14. The van der Waals surface area contributed by atoms with E-state index in [9.17, 15) is 14.4 Å². The molecule has 1 fully saturated rings. The number of hydrogen-bond acceptors (Lipinski definition) is 5. The molecule has 1 aliphatic carbocycles. The van der Waals surface area contributed by atoms with Crippen LogP contribution < -0.4 is 5.32 Å². The molecule has 1 saturated carbocycles. The smallest absolute Gasteiger partial charge is 0.407 e. The highest BCUT2D eigenvalue weighted by Gasteiger charge is 2.34. The van der Waals surface area contributed by atoms with E-state index in [-0.39, 0.29) is 36.9 Å². The lowest BCUT2D eigenvalue weighted by atomic mass is 9.72. The minimum atomic E-state index is -0.845. The molecule has 0 unspecified atom stereocenters. The van der Waals surface area contributed by atoms with Crippen molar-refractivity contribution in [3.05, 3.63) is 0 Å². The van der Waals surface area contributed by atoms with Gasteiger partial charge in [-0.05, 0) is 18.3 Å². The van der Waals surface area contributed by atoms with Crippen molar-refractivity contribution >= 4 is 18.0 Å². The number of carbonyl (C=O) groups is 3. The van der Waals surface area contributed by atoms with Gasteiger partial charge in [-0.2, -0.15) is 0 Å². The molecule has 1 aliphatic rings. The summed E-state index contributed by atoms with van der Waals surface area (Å²) < 4.78 is 9.84. The molecule has 1 rings (SSSR count). The van der Waals surface area contributed by atoms with Crippen molar-refractivity contribution in [1.29, 1.82) is 0 Å². The van der Waals surface area contributed by atoms with Crippen molar-refractivity contribution in [2.45, 2.75) is 52.4 Å². The molecule has 0 bridgehead atoms. The summed E-state index contributed by atoms with van der Waals surface area (Å²) in [5, 5.41) is 11.7. The Morgan fingerprint density at radius 1 is 1.09 bits per heavy atom. The Bertz CT molecular complexity index is 415. The van der Waals surface area contributed by atoms with Crippen molar-refractivity contribution in [2.24, 2.45) is 11.3 Å². The van der Waals surface area contributed by atoms with Gasteiger partial charge in [0.1, 0.15) is 13.2 Å². The fraction of sp³-hybridized carbons (Fsp3) is 0.812. The van der Waals surface area contributed by atoms with E-state index in [1.807, 2.05) is 0 Å². The van der Waals surface area contributed by atoms with Crippen LogP contribution in [0.15, 0.2) is 0 Å². The normalized spacial score (nSPS) is 16.7. The maximum Gasteiger partial charge on any atom is 0.407 e. The minimum Gasteiger partial charge on any atom is -0.481 e. The van der Waals surface area contributed by atoms with E-state index in [1.165, 1.54) is 0 Å². The first-order valence-electron chi connectivity index (χ1n) is 8.14. The fourth-order valence-corrected chi connectivity index (χ4v) is 2.79. The molecular formula is C16H27NO6. The quantitative estimate of drug-likeness (QED) is 0.523. The number of rotatable bonds is 8. The second kappa shape index (κ2) is 9.37. The van der Waals surface area contributed by atoms with E-state index in [1.54, 1.807) is 13.8 Å². The van der Waals surface area contributed by atoms with E-state index < -0.39 is 12.1 Å². The van der Waals surface area contributed by atoms with E-state index in [0.29, 0.717) is 6.54 Å². The number of ether oxygens (including phenoxy) is 2. The lowest BCUT2D eigenvalue weighted by molar-refractivity contribution is -0.148. The maximum atomic E-state index is 11.7. The lowest BCUT2D eigenvalue weighted by Crippen LogP contribution is -2.40. The molecule has 0 atom stereocenters. The van der Waals surface area contributed by atoms with Gasteiger partial charge in [-0.3, -0.25) is 9.59 Å². The van der Waals surface area contributed by atoms with Gasteiger partial charge in [-0.25, -0.2) is 4.79 Å². The average Bonchev–Trinajstić information content (AvgIpc) is 2.49. The summed E-state index contributed by atoms with van der Waals surface area (Å²) in [4.78, 5) is 34.0. The van der Waals surface area contributed by atoms with Gasteiger partial charge >= 0.3 is 18.0 Å². The third kappa shape index (κ3) is 7.34. The molecule has 0 heterocycles. The molecule has 2 N–H and O–H groups in total. The van der Waals surface area contributed by atoms with E-state index in [4.69, 9.17) is 14.6 Å². The molecule has 0 spiro atoms. The maximum absolute atomic E-state index is 11.7. The van der Waals surface area contributed by atoms with Crippen LogP contribution in [-0.4, -0.2) is 42.9 Å². The topological polar surface area (TPSA) is 102 Å². The number of carbonyl (C=O) groups excluding carboxylic acids is 2. The molecular weight excluding hydrogens is 302 g/mol. The summed E-state index contributed by atoms with van der Waals surface area (Å²) in [5.74, 6) is -1.40. The van der Waals surface area contributed by atoms with Crippen LogP contribution in [0.1, 0.15) is 52.4 Å². The molecule has 7 nitrogen and oxygen atoms in total. The molecule has 1 amide bonds. The van der Waals surface area contributed by atoms with Crippen molar-refractivity contribution in [2.75, 3.05) is 19.8 Å². The molecule has 0 aromatic heterocycles. The molecule has 0 aromatic rings. The summed E-state index contributed by atoms with van der Waals surface area (Å²) in [5.41, 5.74) is -0.382. The van der Waals surface area contributed by atoms with Crippen LogP contribution in [0.2, 0.25) is 0 Å². The van der Waals surface area contributed by atoms with Crippen molar-refractivity contribution in [3.8, 4) is 0 Å². The predicted molar refractivity (Wildman–Crippen MR) is 82.9 cm³/mol. The lowest BCUT2D eigenvalue weighted by Gasteiger charge is -2.36. The highest BCUT2D eigenvalue weighted by Crippen LogP contribution is 2.38. The highest BCUT2D eigenvalue weighted by atomic mass is 16.6. The van der Waals surface area contributed by atoms with Crippen molar-refractivity contribution in [3.63, 3.8) is 0 Å². The van der Waals surface area contributed by atoms with Gasteiger partial charge in [0, 0.05) is 6.54 Å². The fourth-order valence-electron chi connectivity index (χ4n) is 2.79. The Morgan fingerprint density at radius 2 is 1.70 bits per heavy atom. The monoisotopic (exact) mass is 329 g/mol. The molecule has 0 saturated heterocycles. The van der Waals surface area contributed by atoms with Gasteiger partial charge in [-0.15, -0.1) is 0 Å². The Morgan fingerprint density at radius 3 is 2.26 bits per heavy atom. The second-order valence-electron chi connectivity index (χ2n) is 6.44. The minimum absolute atomic E-state index is 0.0176. The predicted octanol–water partition coefficient (Wildman–Crippen LogP) is 2.34. The molecule has 0 aromatic carbocycles. The Balaban J connectivity index is 2.29. The number of amides is 1. The number of esters is 1. The molecule has 7 heteroatoms. The largest absolute Gasteiger partial charge is 0.481 e. The standard InChI is InChI=1S/C16H27NO6/c1-12(2)14(20)22-8-9-23-15(21)17-11-16(10-13(18)19)6-4-3-5-7-16/h12H,3-11H2,1-2H3,(H,17,21)(H,18,19). The van der Waals surface area contributed by atoms with Crippen LogP contribution in [0, 0.1) is 11.3 Å². The molecule has 0 aliphatic heterocycles. The summed E-state index contributed by atoms with van der Waals surface area (Å²) >= 11 is 0. The summed E-state index contributed by atoms with van der Waals surface area (Å²) in [6, 6.07) is 0. The number of aliphatic carboxylic acids is 1. The zero-order valence-electron chi connectivity index (χ0n) is 13.9. The summed E-state index contributed by atoms with van der Waals surface area (Å²) in [7, 11) is 0. The van der Waals surface area contributed by atoms with Crippen LogP contribution in [0.3, 0.4) is 0 Å². The third-order valence-electron chi connectivity index (χ3n) is 4.08. The number of alkyl carbamates (subject to hydrolysis) is 1. The van der Waals surface area contributed by atoms with Gasteiger partial charge in [0.05, 0.1) is 12.3 Å². The van der Waals surface area contributed by atoms with Crippen LogP contribution >= 0.6 is 0 Å². The zero-order chi connectivity index (χ0) is 17.3. The number of nitrogens with one attached hydrogen (secondary N) is 1. The summed E-state index contributed by atoms with van der Waals surface area (Å²) in [6.45, 7) is 3.74. The van der Waals surface area contributed by atoms with E-state index in [0.717, 1.165) is 32.1 Å². The van der Waals surface area contributed by atoms with E-state index >= 15 is 0 Å². The molecule has 132 valence electrons. The first kappa shape index (κ1) is 19.3. The van der Waals surface area contributed by atoms with Crippen molar-refractivity contribution in [1.82, 2.24) is 5.32 Å². The van der Waals surface area contributed by atoms with Gasteiger partial charge in [0.2, 0.25) is 0 Å². The second-order valence-corrected chi connectivity index (χ2v) is 6.44. The Labute approximate surface area is 136 Å². The van der Waals surface area contributed by atoms with Gasteiger partial charge in [0.25, 0.3) is 0 Å².